The van der Waals surface area contributed by atoms with E-state index in [9.17, 15) is 18.0 Å². The van der Waals surface area contributed by atoms with Crippen LogP contribution in [0.15, 0.2) is 0 Å². The standard InChI is InChI=1S/C10H13F3O2/c1-2-3-7-15-8-5-4-6-9(14)10(11,12)13/h2-3,5,7-8H2,1H3. The van der Waals surface area contributed by atoms with Gasteiger partial charge in [0.05, 0.1) is 6.61 Å². The molecule has 0 fully saturated rings. The summed E-state index contributed by atoms with van der Waals surface area (Å²) in [6.45, 7) is 2.84. The smallest absolute Gasteiger partial charge is 0.380 e. The van der Waals surface area contributed by atoms with Crippen LogP contribution < -0.4 is 0 Å². The van der Waals surface area contributed by atoms with Gasteiger partial charge in [0.2, 0.25) is 0 Å². The summed E-state index contributed by atoms with van der Waals surface area (Å²) < 4.78 is 40.0. The van der Waals surface area contributed by atoms with Crippen LogP contribution in [0.1, 0.15) is 26.2 Å². The van der Waals surface area contributed by atoms with Crippen molar-refractivity contribution in [2.24, 2.45) is 0 Å². The lowest BCUT2D eigenvalue weighted by atomic mass is 10.3. The van der Waals surface area contributed by atoms with Crippen molar-refractivity contribution in [3.8, 4) is 11.8 Å². The minimum atomic E-state index is -4.85. The zero-order valence-electron chi connectivity index (χ0n) is 8.49. The van der Waals surface area contributed by atoms with Gasteiger partial charge in [-0.2, -0.15) is 13.2 Å². The summed E-state index contributed by atoms with van der Waals surface area (Å²) in [5.74, 6) is 1.64. The van der Waals surface area contributed by atoms with Crippen LogP contribution in [-0.4, -0.2) is 25.2 Å². The second-order valence-corrected chi connectivity index (χ2v) is 2.84. The van der Waals surface area contributed by atoms with Gasteiger partial charge >= 0.3 is 12.0 Å². The lowest BCUT2D eigenvalue weighted by Crippen LogP contribution is -2.20. The molecule has 0 aromatic carbocycles. The third-order valence-corrected chi connectivity index (χ3v) is 1.47. The number of halogens is 3. The van der Waals surface area contributed by atoms with Crippen LogP contribution >= 0.6 is 0 Å². The number of carbonyl (C=O) groups excluding carboxylic acids is 1. The summed E-state index contributed by atoms with van der Waals surface area (Å²) in [5, 5.41) is 0. The van der Waals surface area contributed by atoms with Gasteiger partial charge in [0.1, 0.15) is 0 Å². The van der Waals surface area contributed by atoms with Gasteiger partial charge < -0.3 is 4.74 Å². The average molecular weight is 222 g/mol. The Labute approximate surface area is 86.8 Å². The van der Waals surface area contributed by atoms with Gasteiger partial charge in [-0.05, 0) is 12.3 Å². The van der Waals surface area contributed by atoms with Gasteiger partial charge in [-0.3, -0.25) is 4.79 Å². The number of alkyl halides is 3. The molecule has 0 aliphatic heterocycles. The molecule has 0 saturated carbocycles. The minimum Gasteiger partial charge on any atom is -0.380 e. The van der Waals surface area contributed by atoms with Crippen molar-refractivity contribution in [2.45, 2.75) is 32.4 Å². The maximum Gasteiger partial charge on any atom is 0.462 e. The number of ether oxygens (including phenoxy) is 1. The average Bonchev–Trinajstić information content (AvgIpc) is 2.14. The van der Waals surface area contributed by atoms with Crippen LogP contribution in [0.5, 0.6) is 0 Å². The van der Waals surface area contributed by atoms with Crippen molar-refractivity contribution in [1.82, 2.24) is 0 Å². The highest BCUT2D eigenvalue weighted by Gasteiger charge is 2.36. The molecule has 86 valence electrons. The molecule has 0 N–H and O–H groups in total. The molecule has 0 rings (SSSR count). The Bertz CT molecular complexity index is 248. The lowest BCUT2D eigenvalue weighted by Gasteiger charge is -1.98. The van der Waals surface area contributed by atoms with E-state index in [0.717, 1.165) is 12.8 Å². The van der Waals surface area contributed by atoms with Gasteiger partial charge in [0.15, 0.2) is 0 Å². The summed E-state index contributed by atoms with van der Waals surface area (Å²) >= 11 is 0. The third-order valence-electron chi connectivity index (χ3n) is 1.47. The summed E-state index contributed by atoms with van der Waals surface area (Å²) in [4.78, 5) is 10.3. The molecule has 0 aromatic heterocycles. The zero-order valence-corrected chi connectivity index (χ0v) is 8.49. The van der Waals surface area contributed by atoms with E-state index in [1.165, 1.54) is 5.92 Å². The summed E-state index contributed by atoms with van der Waals surface area (Å²) in [5.41, 5.74) is 0. The summed E-state index contributed by atoms with van der Waals surface area (Å²) in [6, 6.07) is 0. The normalized spacial score (nSPS) is 10.7. The predicted octanol–water partition coefficient (Wildman–Crippen LogP) is 2.33. The van der Waals surface area contributed by atoms with E-state index in [-0.39, 0.29) is 13.0 Å². The van der Waals surface area contributed by atoms with E-state index in [1.807, 2.05) is 6.92 Å². The van der Waals surface area contributed by atoms with Crippen LogP contribution in [0, 0.1) is 11.8 Å². The first kappa shape index (κ1) is 14.0. The molecule has 0 atom stereocenters. The van der Waals surface area contributed by atoms with Crippen molar-refractivity contribution >= 4 is 5.78 Å². The Kier molecular flexibility index (Phi) is 6.80. The fraction of sp³-hybridized carbons (Fsp3) is 0.700. The van der Waals surface area contributed by atoms with Crippen LogP contribution in [-0.2, 0) is 9.53 Å². The zero-order chi connectivity index (χ0) is 11.7. The van der Waals surface area contributed by atoms with E-state index in [4.69, 9.17) is 4.74 Å². The fourth-order valence-electron chi connectivity index (χ4n) is 0.685. The monoisotopic (exact) mass is 222 g/mol. The van der Waals surface area contributed by atoms with E-state index in [0.29, 0.717) is 6.61 Å². The Hall–Kier alpha value is -1.02. The van der Waals surface area contributed by atoms with Crippen molar-refractivity contribution in [1.29, 1.82) is 0 Å². The van der Waals surface area contributed by atoms with E-state index < -0.39 is 12.0 Å². The molecule has 0 aliphatic rings. The number of unbranched alkanes of at least 4 members (excludes halogenated alkanes) is 1. The fourth-order valence-corrected chi connectivity index (χ4v) is 0.685. The maximum absolute atomic E-state index is 11.6. The van der Waals surface area contributed by atoms with Crippen LogP contribution in [0.25, 0.3) is 0 Å². The highest BCUT2D eigenvalue weighted by molar-refractivity contribution is 5.99. The second kappa shape index (κ2) is 7.30. The maximum atomic E-state index is 11.6. The van der Waals surface area contributed by atoms with Crippen LogP contribution in [0.2, 0.25) is 0 Å². The Morgan fingerprint density at radius 1 is 1.33 bits per heavy atom. The number of carbonyl (C=O) groups is 1. The first-order valence-corrected chi connectivity index (χ1v) is 4.66. The van der Waals surface area contributed by atoms with Crippen molar-refractivity contribution in [2.75, 3.05) is 13.2 Å². The molecule has 0 aliphatic carbocycles. The SMILES string of the molecule is CCCCOCCC#CC(=O)C(F)(F)F. The van der Waals surface area contributed by atoms with Gasteiger partial charge in [-0.1, -0.05) is 19.3 Å². The largest absolute Gasteiger partial charge is 0.462 e. The topological polar surface area (TPSA) is 26.3 Å². The second-order valence-electron chi connectivity index (χ2n) is 2.84. The van der Waals surface area contributed by atoms with E-state index in [1.54, 1.807) is 0 Å². The van der Waals surface area contributed by atoms with Crippen molar-refractivity contribution in [3.05, 3.63) is 0 Å². The van der Waals surface area contributed by atoms with Crippen LogP contribution in [0.4, 0.5) is 13.2 Å². The molecule has 15 heavy (non-hydrogen) atoms. The minimum absolute atomic E-state index is 0.144. The Morgan fingerprint density at radius 2 is 2.00 bits per heavy atom. The van der Waals surface area contributed by atoms with Crippen molar-refractivity contribution < 1.29 is 22.7 Å². The molecule has 0 amide bonds. The van der Waals surface area contributed by atoms with Gasteiger partial charge in [0, 0.05) is 13.0 Å². The molecule has 0 bridgehead atoms. The van der Waals surface area contributed by atoms with E-state index in [2.05, 4.69) is 5.92 Å². The van der Waals surface area contributed by atoms with E-state index >= 15 is 0 Å². The summed E-state index contributed by atoms with van der Waals surface area (Å²) in [7, 11) is 0. The third kappa shape index (κ3) is 8.01. The Balaban J connectivity index is 3.59. The molecule has 0 heterocycles. The Morgan fingerprint density at radius 3 is 2.53 bits per heavy atom. The molecular weight excluding hydrogens is 209 g/mol. The number of ketones is 1. The van der Waals surface area contributed by atoms with Gasteiger partial charge in [0.25, 0.3) is 0 Å². The first-order chi connectivity index (χ1) is 6.98. The van der Waals surface area contributed by atoms with Crippen molar-refractivity contribution in [3.63, 3.8) is 0 Å². The molecule has 0 spiro atoms. The number of rotatable bonds is 5. The highest BCUT2D eigenvalue weighted by Crippen LogP contribution is 2.14. The predicted molar refractivity (Wildman–Crippen MR) is 49.2 cm³/mol. The van der Waals surface area contributed by atoms with Gasteiger partial charge in [-0.15, -0.1) is 0 Å². The van der Waals surface area contributed by atoms with Crippen LogP contribution in [0.3, 0.4) is 0 Å². The molecule has 0 radical (unpaired) electrons. The quantitative estimate of drug-likeness (QED) is 0.405. The molecule has 0 aromatic rings. The van der Waals surface area contributed by atoms with Gasteiger partial charge in [-0.25, -0.2) is 0 Å². The molecule has 0 saturated heterocycles. The first-order valence-electron chi connectivity index (χ1n) is 4.66. The number of hydrogen-bond acceptors (Lipinski definition) is 2. The lowest BCUT2D eigenvalue weighted by molar-refractivity contribution is -0.164. The molecule has 5 heteroatoms. The number of hydrogen-bond donors (Lipinski definition) is 0. The molecule has 2 nitrogen and oxygen atoms in total. The molecular formula is C10H13F3O2. The number of Topliss-reactive ketones (excluding diaryl/α,β-unsaturated/α-hetero) is 1. The molecule has 0 unspecified atom stereocenters. The highest BCUT2D eigenvalue weighted by atomic mass is 19.4. The summed E-state index contributed by atoms with van der Waals surface area (Å²) in [6.07, 6.45) is -2.80.